The molecular weight excluding hydrogens is 304 g/mol. The van der Waals surface area contributed by atoms with Gasteiger partial charge in [-0.2, -0.15) is 0 Å². The second-order valence-corrected chi connectivity index (χ2v) is 8.57. The smallest absolute Gasteiger partial charge is 0.229 e. The summed E-state index contributed by atoms with van der Waals surface area (Å²) in [7, 11) is -3.44. The van der Waals surface area contributed by atoms with Crippen LogP contribution < -0.4 is 4.72 Å². The van der Waals surface area contributed by atoms with Crippen LogP contribution in [0.1, 0.15) is 44.2 Å². The molecule has 108 valence electrons. The predicted molar refractivity (Wildman–Crippen MR) is 78.2 cm³/mol. The number of aryl methyl sites for hydroxylation is 1. The molecule has 1 N–H and O–H groups in total. The first-order valence-electron chi connectivity index (χ1n) is 6.61. The minimum absolute atomic E-state index is 0.235. The van der Waals surface area contributed by atoms with Crippen molar-refractivity contribution in [3.05, 3.63) is 10.2 Å². The molecule has 19 heavy (non-hydrogen) atoms. The third-order valence-corrected chi connectivity index (χ3v) is 6.86. The molecule has 4 nitrogen and oxygen atoms in total. The molecule has 0 unspecified atom stereocenters. The number of sulfonamides is 1. The number of nitrogens with zero attached hydrogens (tertiary/aromatic N) is 1. The number of nitrogens with one attached hydrogen (secondary N) is 1. The molecule has 1 aromatic heterocycles. The van der Waals surface area contributed by atoms with Crippen molar-refractivity contribution >= 4 is 33.0 Å². The standard InChI is InChI=1S/C12H19ClN2O2S2/c1-9-11(18-12(13)15-9)19(16,17)14-8-4-7-10-5-2-3-6-10/h10,14H,2-8H2,1H3. The highest BCUT2D eigenvalue weighted by Crippen LogP contribution is 2.29. The van der Waals surface area contributed by atoms with Gasteiger partial charge >= 0.3 is 0 Å². The van der Waals surface area contributed by atoms with Crippen LogP contribution >= 0.6 is 22.9 Å². The molecule has 1 saturated carbocycles. The summed E-state index contributed by atoms with van der Waals surface area (Å²) >= 11 is 6.74. The third-order valence-electron chi connectivity index (χ3n) is 3.53. The molecule has 0 saturated heterocycles. The van der Waals surface area contributed by atoms with Crippen LogP contribution in [0.3, 0.4) is 0 Å². The van der Waals surface area contributed by atoms with Gasteiger partial charge in [0.2, 0.25) is 0 Å². The highest BCUT2D eigenvalue weighted by atomic mass is 35.5. The average Bonchev–Trinajstić information content (AvgIpc) is 2.94. The third kappa shape index (κ3) is 4.15. The fourth-order valence-electron chi connectivity index (χ4n) is 2.56. The Hall–Kier alpha value is -0.170. The van der Waals surface area contributed by atoms with Crippen LogP contribution in [0.25, 0.3) is 0 Å². The Balaban J connectivity index is 1.82. The molecule has 0 radical (unpaired) electrons. The Morgan fingerprint density at radius 2 is 2.11 bits per heavy atom. The minimum atomic E-state index is -3.44. The Kier molecular flexibility index (Phi) is 5.22. The van der Waals surface area contributed by atoms with Gasteiger partial charge in [-0.1, -0.05) is 48.6 Å². The second-order valence-electron chi connectivity index (χ2n) is 5.03. The Labute approximate surface area is 123 Å². The van der Waals surface area contributed by atoms with E-state index in [4.69, 9.17) is 11.6 Å². The van der Waals surface area contributed by atoms with Crippen LogP contribution in [0.5, 0.6) is 0 Å². The summed E-state index contributed by atoms with van der Waals surface area (Å²) in [6, 6.07) is 0. The lowest BCUT2D eigenvalue weighted by molar-refractivity contribution is 0.480. The highest BCUT2D eigenvalue weighted by molar-refractivity contribution is 7.91. The van der Waals surface area contributed by atoms with Crippen LogP contribution in [0, 0.1) is 12.8 Å². The second kappa shape index (κ2) is 6.52. The lowest BCUT2D eigenvalue weighted by Crippen LogP contribution is -2.25. The molecule has 7 heteroatoms. The normalized spacial score (nSPS) is 17.2. The quantitative estimate of drug-likeness (QED) is 0.817. The van der Waals surface area contributed by atoms with E-state index in [9.17, 15) is 8.42 Å². The maximum Gasteiger partial charge on any atom is 0.251 e. The molecule has 1 aromatic rings. The average molecular weight is 323 g/mol. The number of hydrogen-bond donors (Lipinski definition) is 1. The molecule has 0 aromatic carbocycles. The molecule has 1 heterocycles. The van der Waals surface area contributed by atoms with E-state index >= 15 is 0 Å². The summed E-state index contributed by atoms with van der Waals surface area (Å²) in [5.74, 6) is 0.795. The van der Waals surface area contributed by atoms with Crippen LogP contribution in [0.4, 0.5) is 0 Å². The largest absolute Gasteiger partial charge is 0.251 e. The van der Waals surface area contributed by atoms with Crippen molar-refractivity contribution in [2.45, 2.75) is 49.7 Å². The van der Waals surface area contributed by atoms with E-state index in [1.807, 2.05) is 0 Å². The maximum absolute atomic E-state index is 12.1. The van der Waals surface area contributed by atoms with Gasteiger partial charge in [0.05, 0.1) is 5.69 Å². The summed E-state index contributed by atoms with van der Waals surface area (Å²) in [5.41, 5.74) is 0.471. The summed E-state index contributed by atoms with van der Waals surface area (Å²) in [5, 5.41) is 0. The summed E-state index contributed by atoms with van der Waals surface area (Å²) < 4.78 is 27.3. The number of hydrogen-bond acceptors (Lipinski definition) is 4. The van der Waals surface area contributed by atoms with Crippen molar-refractivity contribution in [3.8, 4) is 0 Å². The lowest BCUT2D eigenvalue weighted by Gasteiger charge is -2.09. The number of aromatic nitrogens is 1. The van der Waals surface area contributed by atoms with Gasteiger partial charge in [-0.15, -0.1) is 0 Å². The highest BCUT2D eigenvalue weighted by Gasteiger charge is 2.21. The summed E-state index contributed by atoms with van der Waals surface area (Å²) in [4.78, 5) is 3.93. The first-order valence-corrected chi connectivity index (χ1v) is 9.29. The SMILES string of the molecule is Cc1nc(Cl)sc1S(=O)(=O)NCCCC1CCCC1. The van der Waals surface area contributed by atoms with Crippen molar-refractivity contribution in [1.82, 2.24) is 9.71 Å². The van der Waals surface area contributed by atoms with E-state index in [1.165, 1.54) is 25.7 Å². The predicted octanol–water partition coefficient (Wildman–Crippen LogP) is 3.35. The molecule has 0 spiro atoms. The summed E-state index contributed by atoms with van der Waals surface area (Å²) in [6.45, 7) is 2.16. The Morgan fingerprint density at radius 1 is 1.42 bits per heavy atom. The molecule has 1 aliphatic carbocycles. The van der Waals surface area contributed by atoms with E-state index in [0.29, 0.717) is 12.2 Å². The van der Waals surface area contributed by atoms with E-state index in [0.717, 1.165) is 30.1 Å². The van der Waals surface area contributed by atoms with Crippen LogP contribution in [0.2, 0.25) is 4.47 Å². The van der Waals surface area contributed by atoms with E-state index in [1.54, 1.807) is 6.92 Å². The molecule has 0 bridgehead atoms. The number of rotatable bonds is 6. The van der Waals surface area contributed by atoms with E-state index in [-0.39, 0.29) is 8.68 Å². The zero-order valence-electron chi connectivity index (χ0n) is 11.0. The van der Waals surface area contributed by atoms with Gasteiger partial charge in [0.25, 0.3) is 10.0 Å². The van der Waals surface area contributed by atoms with Crippen molar-refractivity contribution in [2.24, 2.45) is 5.92 Å². The van der Waals surface area contributed by atoms with Gasteiger partial charge < -0.3 is 0 Å². The fourth-order valence-corrected chi connectivity index (χ4v) is 5.42. The molecular formula is C12H19ClN2O2S2. The molecule has 0 aliphatic heterocycles. The van der Waals surface area contributed by atoms with Crippen molar-refractivity contribution in [2.75, 3.05) is 6.54 Å². The van der Waals surface area contributed by atoms with Gasteiger partial charge in [0.15, 0.2) is 8.68 Å². The zero-order chi connectivity index (χ0) is 13.9. The van der Waals surface area contributed by atoms with E-state index < -0.39 is 10.0 Å². The maximum atomic E-state index is 12.1. The van der Waals surface area contributed by atoms with Gasteiger partial charge in [0, 0.05) is 6.54 Å². The first kappa shape index (κ1) is 15.2. The molecule has 1 fully saturated rings. The molecule has 1 aliphatic rings. The van der Waals surface area contributed by atoms with Crippen LogP contribution in [-0.2, 0) is 10.0 Å². The van der Waals surface area contributed by atoms with E-state index in [2.05, 4.69) is 9.71 Å². The Bertz CT molecular complexity index is 522. The Morgan fingerprint density at radius 3 is 2.68 bits per heavy atom. The topological polar surface area (TPSA) is 59.1 Å². The van der Waals surface area contributed by atoms with Crippen LogP contribution in [-0.4, -0.2) is 19.9 Å². The lowest BCUT2D eigenvalue weighted by atomic mass is 10.0. The number of thiazole rings is 1. The van der Waals surface area contributed by atoms with Crippen molar-refractivity contribution in [3.63, 3.8) is 0 Å². The van der Waals surface area contributed by atoms with Gasteiger partial charge in [0.1, 0.15) is 0 Å². The monoisotopic (exact) mass is 322 g/mol. The minimum Gasteiger partial charge on any atom is -0.229 e. The van der Waals surface area contributed by atoms with Gasteiger partial charge in [-0.25, -0.2) is 18.1 Å². The number of halogens is 1. The molecule has 0 amide bonds. The van der Waals surface area contributed by atoms with Gasteiger partial charge in [-0.3, -0.25) is 0 Å². The molecule has 0 atom stereocenters. The van der Waals surface area contributed by atoms with Crippen LogP contribution in [0.15, 0.2) is 4.21 Å². The first-order chi connectivity index (χ1) is 8.99. The summed E-state index contributed by atoms with van der Waals surface area (Å²) in [6.07, 6.45) is 7.27. The van der Waals surface area contributed by atoms with Crippen molar-refractivity contribution in [1.29, 1.82) is 0 Å². The fraction of sp³-hybridized carbons (Fsp3) is 0.750. The van der Waals surface area contributed by atoms with Gasteiger partial charge in [-0.05, 0) is 25.7 Å². The van der Waals surface area contributed by atoms with Crippen molar-refractivity contribution < 1.29 is 8.42 Å². The molecule has 2 rings (SSSR count). The zero-order valence-corrected chi connectivity index (χ0v) is 13.4.